The van der Waals surface area contributed by atoms with Gasteiger partial charge in [-0.2, -0.15) is 5.10 Å². The highest BCUT2D eigenvalue weighted by molar-refractivity contribution is 6.04. The molecule has 0 radical (unpaired) electrons. The Hall–Kier alpha value is -3.22. The van der Waals surface area contributed by atoms with Crippen molar-refractivity contribution in [1.29, 1.82) is 0 Å². The molecule has 0 fully saturated rings. The lowest BCUT2D eigenvalue weighted by Gasteiger charge is -2.10. The third-order valence-electron chi connectivity index (χ3n) is 4.69. The molecule has 4 rings (SSSR count). The number of aromatic nitrogens is 4. The van der Waals surface area contributed by atoms with Crippen molar-refractivity contribution in [3.8, 4) is 5.82 Å². The fourth-order valence-corrected chi connectivity index (χ4v) is 3.43. The lowest BCUT2D eigenvalue weighted by molar-refractivity contribution is 0.0945. The van der Waals surface area contributed by atoms with Gasteiger partial charge in [-0.1, -0.05) is 6.07 Å². The maximum absolute atomic E-state index is 12.7. The highest BCUT2D eigenvalue weighted by Crippen LogP contribution is 2.26. The Morgan fingerprint density at radius 1 is 1.31 bits per heavy atom. The first-order chi connectivity index (χ1) is 12.6. The summed E-state index contributed by atoms with van der Waals surface area (Å²) < 4.78 is 1.67. The average Bonchev–Trinajstić information content (AvgIpc) is 3.29. The maximum atomic E-state index is 12.7. The summed E-state index contributed by atoms with van der Waals surface area (Å²) in [5.74, 6) is 0.572. The molecule has 0 saturated heterocycles. The van der Waals surface area contributed by atoms with Gasteiger partial charge in [0.05, 0.1) is 0 Å². The van der Waals surface area contributed by atoms with Crippen molar-refractivity contribution in [2.45, 2.75) is 32.7 Å². The van der Waals surface area contributed by atoms with Crippen LogP contribution in [0, 0.1) is 6.92 Å². The van der Waals surface area contributed by atoms with E-state index in [0.29, 0.717) is 30.0 Å². The lowest BCUT2D eigenvalue weighted by Crippen LogP contribution is -2.25. The van der Waals surface area contributed by atoms with Crippen molar-refractivity contribution in [3.63, 3.8) is 0 Å². The number of carbonyl (C=O) groups is 2. The van der Waals surface area contributed by atoms with Crippen molar-refractivity contribution in [2.24, 2.45) is 0 Å². The number of aryl methyl sites for hydroxylation is 1. The molecule has 7 heteroatoms. The first-order valence-corrected chi connectivity index (χ1v) is 8.62. The van der Waals surface area contributed by atoms with Crippen LogP contribution in [0.15, 0.2) is 36.8 Å². The van der Waals surface area contributed by atoms with Crippen LogP contribution < -0.4 is 5.32 Å². The monoisotopic (exact) mass is 349 g/mol. The number of hydrogen-bond donors (Lipinski definition) is 2. The van der Waals surface area contributed by atoms with Gasteiger partial charge in [-0.3, -0.25) is 9.59 Å². The van der Waals surface area contributed by atoms with Gasteiger partial charge in [0.1, 0.15) is 5.69 Å². The van der Waals surface area contributed by atoms with Crippen molar-refractivity contribution < 1.29 is 9.59 Å². The van der Waals surface area contributed by atoms with Gasteiger partial charge in [-0.25, -0.2) is 9.67 Å². The highest BCUT2D eigenvalue weighted by atomic mass is 16.2. The Kier molecular flexibility index (Phi) is 4.12. The molecule has 26 heavy (non-hydrogen) atoms. The molecule has 1 amide bonds. The number of pyridine rings is 1. The van der Waals surface area contributed by atoms with Crippen LogP contribution in [0.5, 0.6) is 0 Å². The number of Topliss-reactive ketones (excluding diaryl/α,β-unsaturated/α-hetero) is 1. The van der Waals surface area contributed by atoms with E-state index < -0.39 is 0 Å². The van der Waals surface area contributed by atoms with Crippen molar-refractivity contribution in [3.05, 3.63) is 64.9 Å². The van der Waals surface area contributed by atoms with Gasteiger partial charge >= 0.3 is 0 Å². The van der Waals surface area contributed by atoms with Gasteiger partial charge in [0.15, 0.2) is 11.6 Å². The molecule has 0 bridgehead atoms. The first-order valence-electron chi connectivity index (χ1n) is 8.62. The van der Waals surface area contributed by atoms with Crippen molar-refractivity contribution >= 4 is 11.7 Å². The van der Waals surface area contributed by atoms with E-state index in [1.165, 1.54) is 0 Å². The number of fused-ring (bicyclic) bond motifs is 1. The first kappa shape index (κ1) is 16.3. The van der Waals surface area contributed by atoms with E-state index in [4.69, 9.17) is 0 Å². The number of aromatic amines is 1. The van der Waals surface area contributed by atoms with Gasteiger partial charge in [-0.05, 0) is 37.5 Å². The predicted octanol–water partition coefficient (Wildman–Crippen LogP) is 2.35. The largest absolute Gasteiger partial charge is 0.354 e. The zero-order valence-corrected chi connectivity index (χ0v) is 14.5. The van der Waals surface area contributed by atoms with E-state index in [1.54, 1.807) is 17.1 Å². The summed E-state index contributed by atoms with van der Waals surface area (Å²) in [7, 11) is 0. The highest BCUT2D eigenvalue weighted by Gasteiger charge is 2.26. The SMILES string of the molecule is Cc1c(C(=O)NCc2cccnc2-n2cccn2)[nH]c2c1C(=O)CCC2. The number of hydrogen-bond acceptors (Lipinski definition) is 4. The third kappa shape index (κ3) is 2.81. The second-order valence-electron chi connectivity index (χ2n) is 6.37. The normalized spacial score (nSPS) is 13.5. The molecule has 1 aliphatic carbocycles. The summed E-state index contributed by atoms with van der Waals surface area (Å²) >= 11 is 0. The van der Waals surface area contributed by atoms with Crippen LogP contribution in [0.25, 0.3) is 5.82 Å². The van der Waals surface area contributed by atoms with Gasteiger partial charge in [0.2, 0.25) is 0 Å². The minimum absolute atomic E-state index is 0.118. The number of H-pyrrole nitrogens is 1. The van der Waals surface area contributed by atoms with E-state index in [0.717, 1.165) is 29.7 Å². The zero-order valence-electron chi connectivity index (χ0n) is 14.5. The maximum Gasteiger partial charge on any atom is 0.268 e. The van der Waals surface area contributed by atoms with E-state index in [-0.39, 0.29) is 11.7 Å². The summed E-state index contributed by atoms with van der Waals surface area (Å²) in [5.41, 5.74) is 3.63. The van der Waals surface area contributed by atoms with E-state index >= 15 is 0 Å². The van der Waals surface area contributed by atoms with Gasteiger partial charge in [0, 0.05) is 48.4 Å². The van der Waals surface area contributed by atoms with Crippen molar-refractivity contribution in [1.82, 2.24) is 25.1 Å². The predicted molar refractivity (Wildman–Crippen MR) is 95.3 cm³/mol. The van der Waals surface area contributed by atoms with Gasteiger partial charge < -0.3 is 10.3 Å². The van der Waals surface area contributed by atoms with E-state index in [1.807, 2.05) is 31.3 Å². The zero-order chi connectivity index (χ0) is 18.1. The number of ketones is 1. The summed E-state index contributed by atoms with van der Waals surface area (Å²) in [5, 5.41) is 7.12. The molecule has 2 N–H and O–H groups in total. The standard InChI is InChI=1S/C19H19N5O2/c1-12-16-14(6-2-7-15(16)25)23-17(12)19(26)21-11-13-5-3-8-20-18(13)24-10-4-9-22-24/h3-5,8-10,23H,2,6-7,11H2,1H3,(H,21,26). The van der Waals surface area contributed by atoms with Gasteiger partial charge in [0.25, 0.3) is 5.91 Å². The minimum atomic E-state index is -0.222. The van der Waals surface area contributed by atoms with Crippen LogP contribution in [0.1, 0.15) is 50.5 Å². The molecule has 0 aliphatic heterocycles. The molecule has 1 aliphatic rings. The number of nitrogens with one attached hydrogen (secondary N) is 2. The third-order valence-corrected chi connectivity index (χ3v) is 4.69. The lowest BCUT2D eigenvalue weighted by atomic mass is 9.94. The molecule has 0 atom stereocenters. The van der Waals surface area contributed by atoms with Crippen LogP contribution in [0.3, 0.4) is 0 Å². The number of rotatable bonds is 4. The molecule has 132 valence electrons. The smallest absolute Gasteiger partial charge is 0.268 e. The molecular weight excluding hydrogens is 330 g/mol. The minimum Gasteiger partial charge on any atom is -0.354 e. The van der Waals surface area contributed by atoms with Crippen LogP contribution in [-0.2, 0) is 13.0 Å². The second-order valence-corrected chi connectivity index (χ2v) is 6.37. The van der Waals surface area contributed by atoms with Crippen LogP contribution in [-0.4, -0.2) is 31.4 Å². The molecule has 0 aromatic carbocycles. The second kappa shape index (κ2) is 6.59. The summed E-state index contributed by atoms with van der Waals surface area (Å²) in [6.07, 6.45) is 7.37. The van der Waals surface area contributed by atoms with Crippen molar-refractivity contribution in [2.75, 3.05) is 0 Å². The Labute approximate surface area is 150 Å². The Morgan fingerprint density at radius 2 is 2.19 bits per heavy atom. The Bertz CT molecular complexity index is 972. The molecule has 7 nitrogen and oxygen atoms in total. The molecule has 0 unspecified atom stereocenters. The molecule has 3 heterocycles. The van der Waals surface area contributed by atoms with Crippen LogP contribution >= 0.6 is 0 Å². The van der Waals surface area contributed by atoms with Crippen LogP contribution in [0.2, 0.25) is 0 Å². The Balaban J connectivity index is 1.55. The number of carbonyl (C=O) groups excluding carboxylic acids is 2. The van der Waals surface area contributed by atoms with E-state index in [2.05, 4.69) is 20.4 Å². The topological polar surface area (TPSA) is 92.7 Å². The molecule has 3 aromatic heterocycles. The van der Waals surface area contributed by atoms with Gasteiger partial charge in [-0.15, -0.1) is 0 Å². The summed E-state index contributed by atoms with van der Waals surface area (Å²) in [6, 6.07) is 5.55. The fourth-order valence-electron chi connectivity index (χ4n) is 3.43. The van der Waals surface area contributed by atoms with Crippen LogP contribution in [0.4, 0.5) is 0 Å². The number of amides is 1. The summed E-state index contributed by atoms with van der Waals surface area (Å²) in [4.78, 5) is 32.3. The fraction of sp³-hybridized carbons (Fsp3) is 0.263. The molecule has 0 spiro atoms. The molecule has 0 saturated carbocycles. The number of nitrogens with zero attached hydrogens (tertiary/aromatic N) is 3. The van der Waals surface area contributed by atoms with E-state index in [9.17, 15) is 9.59 Å². The summed E-state index contributed by atoms with van der Waals surface area (Å²) in [6.45, 7) is 2.14. The molecular formula is C19H19N5O2. The molecule has 3 aromatic rings. The average molecular weight is 349 g/mol. The Morgan fingerprint density at radius 3 is 2.96 bits per heavy atom. The quantitative estimate of drug-likeness (QED) is 0.756.